The second kappa shape index (κ2) is 9.64. The molecule has 144 valence electrons. The molecule has 0 aromatic heterocycles. The summed E-state index contributed by atoms with van der Waals surface area (Å²) in [6.07, 6.45) is 0.471. The van der Waals surface area contributed by atoms with Crippen LogP contribution < -0.4 is 21.2 Å². The van der Waals surface area contributed by atoms with Crippen molar-refractivity contribution < 1.29 is 4.79 Å². The Kier molecular flexibility index (Phi) is 6.97. The lowest BCUT2D eigenvalue weighted by Gasteiger charge is -2.27. The van der Waals surface area contributed by atoms with E-state index >= 15 is 0 Å². The lowest BCUT2D eigenvalue weighted by Crippen LogP contribution is -2.40. The molecule has 0 heterocycles. The van der Waals surface area contributed by atoms with Gasteiger partial charge in [0, 0.05) is 13.1 Å². The lowest BCUT2D eigenvalue weighted by molar-refractivity contribution is -0.118. The van der Waals surface area contributed by atoms with Crippen LogP contribution in [0.1, 0.15) is 0 Å². The molecule has 4 heteroatoms. The van der Waals surface area contributed by atoms with Gasteiger partial charge in [0.1, 0.15) is 23.2 Å². The van der Waals surface area contributed by atoms with Crippen molar-refractivity contribution in [3.05, 3.63) is 91.0 Å². The van der Waals surface area contributed by atoms with Crippen LogP contribution in [0.4, 0.5) is 0 Å². The molecule has 0 aliphatic carbocycles. The van der Waals surface area contributed by atoms with Crippen LogP contribution in [0.15, 0.2) is 91.0 Å². The van der Waals surface area contributed by atoms with Gasteiger partial charge in [-0.25, -0.2) is 0 Å². The molecule has 0 saturated carbocycles. The zero-order chi connectivity index (χ0) is 19.8. The lowest BCUT2D eigenvalue weighted by atomic mass is 10.4. The Balaban J connectivity index is 2.08. The van der Waals surface area contributed by atoms with E-state index in [0.29, 0.717) is 12.7 Å². The van der Waals surface area contributed by atoms with Gasteiger partial charge in [0.25, 0.3) is 5.91 Å². The molecule has 0 radical (unpaired) electrons. The monoisotopic (exact) mass is 391 g/mol. The molecule has 28 heavy (non-hydrogen) atoms. The predicted molar refractivity (Wildman–Crippen MR) is 122 cm³/mol. The van der Waals surface area contributed by atoms with E-state index in [1.165, 1.54) is 15.9 Å². The highest BCUT2D eigenvalue weighted by Crippen LogP contribution is 2.54. The van der Waals surface area contributed by atoms with Crippen molar-refractivity contribution in [2.24, 2.45) is 0 Å². The Bertz CT molecular complexity index is 770. The number of hydrogen-bond donors (Lipinski definition) is 1. The molecule has 3 aromatic rings. The number of amides is 1. The fraction of sp³-hybridized carbons (Fsp3) is 0.208. The normalized spacial score (nSPS) is 11.4. The summed E-state index contributed by atoms with van der Waals surface area (Å²) >= 11 is 0. The van der Waals surface area contributed by atoms with Crippen LogP contribution in [-0.4, -0.2) is 44.2 Å². The molecular formula is C24H28N2OP+. The molecule has 0 bridgehead atoms. The number of likely N-dealkylation sites (N-methyl/N-ethyl adjacent to an activating group) is 1. The predicted octanol–water partition coefficient (Wildman–Crippen LogP) is 2.66. The third-order valence-electron chi connectivity index (χ3n) is 4.85. The van der Waals surface area contributed by atoms with E-state index in [0.717, 1.165) is 6.54 Å². The van der Waals surface area contributed by atoms with E-state index in [2.05, 4.69) is 83.0 Å². The molecule has 1 amide bonds. The summed E-state index contributed by atoms with van der Waals surface area (Å²) in [4.78, 5) is 15.1. The van der Waals surface area contributed by atoms with Gasteiger partial charge < -0.3 is 10.2 Å². The summed E-state index contributed by atoms with van der Waals surface area (Å²) < 4.78 is 0. The van der Waals surface area contributed by atoms with Gasteiger partial charge in [-0.2, -0.15) is 0 Å². The highest BCUT2D eigenvalue weighted by Gasteiger charge is 2.47. The van der Waals surface area contributed by atoms with Crippen LogP contribution in [-0.2, 0) is 4.79 Å². The minimum atomic E-state index is -2.10. The minimum absolute atomic E-state index is 0.103. The third kappa shape index (κ3) is 4.67. The first-order valence-electron chi connectivity index (χ1n) is 9.59. The minimum Gasteiger partial charge on any atom is -0.352 e. The highest BCUT2D eigenvalue weighted by molar-refractivity contribution is 7.96. The van der Waals surface area contributed by atoms with Gasteiger partial charge in [-0.05, 0) is 50.5 Å². The van der Waals surface area contributed by atoms with E-state index in [9.17, 15) is 4.79 Å². The number of nitrogens with zero attached hydrogens (tertiary/aromatic N) is 1. The molecule has 0 fully saturated rings. The standard InChI is InChI=1S/C24H27N2OP/c1-26(2)19-18-25-24(27)20-28(21-12-6-3-7-13-21,22-14-8-4-9-15-22)23-16-10-5-11-17-23/h3-17H,18-20H2,1-2H3/p+1. The number of nitrogens with one attached hydrogen (secondary N) is 1. The van der Waals surface area contributed by atoms with Crippen LogP contribution in [0, 0.1) is 0 Å². The molecular weight excluding hydrogens is 363 g/mol. The first kappa shape index (κ1) is 20.3. The second-order valence-corrected chi connectivity index (χ2v) is 10.6. The zero-order valence-corrected chi connectivity index (χ0v) is 17.5. The van der Waals surface area contributed by atoms with Crippen LogP contribution in [0.25, 0.3) is 0 Å². The smallest absolute Gasteiger partial charge is 0.258 e. The molecule has 1 N–H and O–H groups in total. The first-order chi connectivity index (χ1) is 13.6. The van der Waals surface area contributed by atoms with E-state index < -0.39 is 7.26 Å². The first-order valence-corrected chi connectivity index (χ1v) is 11.6. The average Bonchev–Trinajstić information content (AvgIpc) is 2.74. The number of carbonyl (C=O) groups excluding carboxylic acids is 1. The van der Waals surface area contributed by atoms with Gasteiger partial charge in [-0.3, -0.25) is 4.79 Å². The van der Waals surface area contributed by atoms with Crippen LogP contribution in [0.5, 0.6) is 0 Å². The third-order valence-corrected chi connectivity index (χ3v) is 9.15. The Labute approximate surface area is 168 Å². The van der Waals surface area contributed by atoms with Gasteiger partial charge >= 0.3 is 0 Å². The Morgan fingerprint density at radius 3 is 1.50 bits per heavy atom. The van der Waals surface area contributed by atoms with Crippen molar-refractivity contribution in [1.82, 2.24) is 10.2 Å². The summed E-state index contributed by atoms with van der Waals surface area (Å²) in [5, 5.41) is 6.82. The molecule has 3 rings (SSSR count). The maximum absolute atomic E-state index is 13.1. The topological polar surface area (TPSA) is 32.3 Å². The van der Waals surface area contributed by atoms with Crippen molar-refractivity contribution in [3.8, 4) is 0 Å². The molecule has 3 aromatic carbocycles. The maximum Gasteiger partial charge on any atom is 0.258 e. The fourth-order valence-electron chi connectivity index (χ4n) is 3.46. The summed E-state index contributed by atoms with van der Waals surface area (Å²) in [5.74, 6) is 0.103. The van der Waals surface area contributed by atoms with Gasteiger partial charge in [0.2, 0.25) is 0 Å². The zero-order valence-electron chi connectivity index (χ0n) is 16.6. The number of hydrogen-bond acceptors (Lipinski definition) is 2. The number of rotatable bonds is 8. The second-order valence-electron chi connectivity index (χ2n) is 7.13. The fourth-order valence-corrected chi connectivity index (χ4v) is 7.49. The number of benzene rings is 3. The number of carbonyl (C=O) groups is 1. The van der Waals surface area contributed by atoms with E-state index in [-0.39, 0.29) is 5.91 Å². The average molecular weight is 391 g/mol. The van der Waals surface area contributed by atoms with Crippen LogP contribution >= 0.6 is 7.26 Å². The van der Waals surface area contributed by atoms with E-state index in [4.69, 9.17) is 0 Å². The molecule has 0 unspecified atom stereocenters. The van der Waals surface area contributed by atoms with Crippen molar-refractivity contribution >= 4 is 29.1 Å². The summed E-state index contributed by atoms with van der Waals surface area (Å²) in [7, 11) is 1.93. The maximum atomic E-state index is 13.1. The van der Waals surface area contributed by atoms with E-state index in [1.807, 2.05) is 32.3 Å². The Hall–Kier alpha value is -2.48. The van der Waals surface area contributed by atoms with Gasteiger partial charge in [-0.1, -0.05) is 54.6 Å². The summed E-state index contributed by atoms with van der Waals surface area (Å²) in [5.41, 5.74) is 0. The largest absolute Gasteiger partial charge is 0.352 e. The van der Waals surface area contributed by atoms with Gasteiger partial charge in [0.05, 0.1) is 0 Å². The summed E-state index contributed by atoms with van der Waals surface area (Å²) in [6.45, 7) is 1.49. The molecule has 0 aliphatic rings. The van der Waals surface area contributed by atoms with Gasteiger partial charge in [-0.15, -0.1) is 0 Å². The molecule has 0 aliphatic heterocycles. The quantitative estimate of drug-likeness (QED) is 0.599. The Morgan fingerprint density at radius 1 is 0.750 bits per heavy atom. The molecule has 0 spiro atoms. The highest BCUT2D eigenvalue weighted by atomic mass is 31.2. The molecule has 3 nitrogen and oxygen atoms in total. The SMILES string of the molecule is CN(C)CCNC(=O)C[P+](c1ccccc1)(c1ccccc1)c1ccccc1. The van der Waals surface area contributed by atoms with Gasteiger partial charge in [0.15, 0.2) is 6.16 Å². The summed E-state index contributed by atoms with van der Waals surface area (Å²) in [6, 6.07) is 31.5. The van der Waals surface area contributed by atoms with Crippen molar-refractivity contribution in [3.63, 3.8) is 0 Å². The van der Waals surface area contributed by atoms with E-state index in [1.54, 1.807) is 0 Å². The van der Waals surface area contributed by atoms with Crippen molar-refractivity contribution in [2.75, 3.05) is 33.3 Å². The van der Waals surface area contributed by atoms with Crippen molar-refractivity contribution in [1.29, 1.82) is 0 Å². The molecule has 0 saturated heterocycles. The molecule has 0 atom stereocenters. The van der Waals surface area contributed by atoms with Crippen molar-refractivity contribution in [2.45, 2.75) is 0 Å². The Morgan fingerprint density at radius 2 is 1.14 bits per heavy atom. The van der Waals surface area contributed by atoms with Crippen LogP contribution in [0.2, 0.25) is 0 Å². The van der Waals surface area contributed by atoms with Crippen LogP contribution in [0.3, 0.4) is 0 Å².